The molecule has 4 heteroatoms. The van der Waals surface area contributed by atoms with Crippen LogP contribution in [0.2, 0.25) is 0 Å². The second-order valence-corrected chi connectivity index (χ2v) is 4.68. The third kappa shape index (κ3) is 3.39. The van der Waals surface area contributed by atoms with Crippen molar-refractivity contribution >= 4 is 16.7 Å². The van der Waals surface area contributed by atoms with Gasteiger partial charge in [-0.05, 0) is 19.4 Å². The van der Waals surface area contributed by atoms with Crippen LogP contribution in [-0.4, -0.2) is 26.8 Å². The second-order valence-electron chi connectivity index (χ2n) is 4.68. The van der Waals surface area contributed by atoms with Gasteiger partial charge in [0.25, 0.3) is 0 Å². The van der Waals surface area contributed by atoms with E-state index in [2.05, 4.69) is 0 Å². The average molecular weight is 300 g/mol. The Kier molecular flexibility index (Phi) is 5.42. The van der Waals surface area contributed by atoms with Gasteiger partial charge in [-0.3, -0.25) is 0 Å². The highest BCUT2D eigenvalue weighted by Crippen LogP contribution is 2.36. The molecule has 116 valence electrons. The number of rotatable bonds is 6. The summed E-state index contributed by atoms with van der Waals surface area (Å²) >= 11 is 0. The molecule has 0 aliphatic carbocycles. The zero-order valence-electron chi connectivity index (χ0n) is 13.1. The van der Waals surface area contributed by atoms with Gasteiger partial charge in [0.05, 0.1) is 20.8 Å². The Balaban J connectivity index is 2.38. The molecule has 0 bridgehead atoms. The molecule has 0 radical (unpaired) electrons. The molecule has 0 aliphatic rings. The minimum Gasteiger partial charge on any atom is -0.496 e. The van der Waals surface area contributed by atoms with Gasteiger partial charge in [0.2, 0.25) is 0 Å². The van der Waals surface area contributed by atoms with Crippen molar-refractivity contribution in [2.75, 3.05) is 20.8 Å². The first-order valence-corrected chi connectivity index (χ1v) is 7.17. The molecule has 0 spiro atoms. The molecule has 0 amide bonds. The van der Waals surface area contributed by atoms with Crippen LogP contribution in [0, 0.1) is 0 Å². The number of methoxy groups -OCH3 is 2. The molecule has 2 aromatic carbocycles. The van der Waals surface area contributed by atoms with Crippen molar-refractivity contribution in [3.05, 3.63) is 48.0 Å². The van der Waals surface area contributed by atoms with Crippen LogP contribution in [0.25, 0.3) is 10.8 Å². The molecule has 0 saturated carbocycles. The minimum absolute atomic E-state index is 0.339. The lowest BCUT2D eigenvalue weighted by Crippen LogP contribution is -2.00. The van der Waals surface area contributed by atoms with E-state index in [4.69, 9.17) is 14.2 Å². The van der Waals surface area contributed by atoms with Gasteiger partial charge < -0.3 is 14.2 Å². The number of carbonyl (C=O) groups is 1. The van der Waals surface area contributed by atoms with E-state index in [0.29, 0.717) is 13.0 Å². The fourth-order valence-corrected chi connectivity index (χ4v) is 2.40. The second kappa shape index (κ2) is 7.50. The van der Waals surface area contributed by atoms with Crippen molar-refractivity contribution in [2.45, 2.75) is 13.3 Å². The number of esters is 1. The summed E-state index contributed by atoms with van der Waals surface area (Å²) < 4.78 is 15.9. The monoisotopic (exact) mass is 300 g/mol. The zero-order valence-corrected chi connectivity index (χ0v) is 13.1. The average Bonchev–Trinajstić information content (AvgIpc) is 2.54. The fourth-order valence-electron chi connectivity index (χ4n) is 2.40. The number of fused-ring (bicyclic) bond motifs is 1. The standard InChI is InChI=1S/C18H20O4/c1-4-22-17(19)11-7-8-13-12-16(20-2)14-9-5-6-10-15(14)18(13)21-3/h5-7,9-12H,4,8H2,1-3H3/b11-7+. The molecular formula is C18H20O4. The van der Waals surface area contributed by atoms with Crippen molar-refractivity contribution in [3.63, 3.8) is 0 Å². The van der Waals surface area contributed by atoms with Crippen LogP contribution >= 0.6 is 0 Å². The van der Waals surface area contributed by atoms with Crippen molar-refractivity contribution < 1.29 is 19.0 Å². The summed E-state index contributed by atoms with van der Waals surface area (Å²) in [5.41, 5.74) is 0.957. The molecule has 0 N–H and O–H groups in total. The van der Waals surface area contributed by atoms with Gasteiger partial charge in [-0.2, -0.15) is 0 Å². The summed E-state index contributed by atoms with van der Waals surface area (Å²) in [6.07, 6.45) is 3.76. The first kappa shape index (κ1) is 15.9. The zero-order chi connectivity index (χ0) is 15.9. The lowest BCUT2D eigenvalue weighted by molar-refractivity contribution is -0.137. The fraction of sp³-hybridized carbons (Fsp3) is 0.278. The van der Waals surface area contributed by atoms with Crippen molar-refractivity contribution in [3.8, 4) is 11.5 Å². The van der Waals surface area contributed by atoms with Gasteiger partial charge in [-0.25, -0.2) is 4.79 Å². The topological polar surface area (TPSA) is 44.8 Å². The van der Waals surface area contributed by atoms with Gasteiger partial charge in [-0.15, -0.1) is 0 Å². The van der Waals surface area contributed by atoms with Gasteiger partial charge in [0, 0.05) is 22.4 Å². The SMILES string of the molecule is CCOC(=O)/C=C/Cc1cc(OC)c2ccccc2c1OC. The minimum atomic E-state index is -0.339. The summed E-state index contributed by atoms with van der Waals surface area (Å²) in [6, 6.07) is 9.86. The van der Waals surface area contributed by atoms with E-state index in [-0.39, 0.29) is 5.97 Å². The summed E-state index contributed by atoms with van der Waals surface area (Å²) in [7, 11) is 3.29. The van der Waals surface area contributed by atoms with Crippen LogP contribution in [0.4, 0.5) is 0 Å². The van der Waals surface area contributed by atoms with Gasteiger partial charge >= 0.3 is 5.97 Å². The summed E-state index contributed by atoms with van der Waals surface area (Å²) in [4.78, 5) is 11.4. The van der Waals surface area contributed by atoms with Crippen LogP contribution in [-0.2, 0) is 16.0 Å². The highest BCUT2D eigenvalue weighted by atomic mass is 16.5. The molecule has 0 aliphatic heterocycles. The molecule has 0 saturated heterocycles. The van der Waals surface area contributed by atoms with Crippen LogP contribution in [0.3, 0.4) is 0 Å². The maximum Gasteiger partial charge on any atom is 0.330 e. The van der Waals surface area contributed by atoms with Gasteiger partial charge in [-0.1, -0.05) is 30.3 Å². The number of allylic oxidation sites excluding steroid dienone is 1. The van der Waals surface area contributed by atoms with Crippen LogP contribution < -0.4 is 9.47 Å². The lowest BCUT2D eigenvalue weighted by Gasteiger charge is -2.14. The van der Waals surface area contributed by atoms with Gasteiger partial charge in [0.15, 0.2) is 0 Å². The van der Waals surface area contributed by atoms with Crippen molar-refractivity contribution in [1.29, 1.82) is 0 Å². The Bertz CT molecular complexity index is 689. The predicted molar refractivity (Wildman–Crippen MR) is 86.5 cm³/mol. The third-order valence-corrected chi connectivity index (χ3v) is 3.34. The predicted octanol–water partition coefficient (Wildman–Crippen LogP) is 3.52. The maximum absolute atomic E-state index is 11.4. The molecule has 0 heterocycles. The quantitative estimate of drug-likeness (QED) is 0.605. The van der Waals surface area contributed by atoms with E-state index in [1.54, 1.807) is 27.2 Å². The largest absolute Gasteiger partial charge is 0.496 e. The molecule has 2 rings (SSSR count). The Morgan fingerprint density at radius 3 is 2.50 bits per heavy atom. The van der Waals surface area contributed by atoms with E-state index in [0.717, 1.165) is 27.8 Å². The Hall–Kier alpha value is -2.49. The number of benzene rings is 2. The number of ether oxygens (including phenoxy) is 3. The molecule has 0 aromatic heterocycles. The third-order valence-electron chi connectivity index (χ3n) is 3.34. The molecule has 0 fully saturated rings. The van der Waals surface area contributed by atoms with Crippen LogP contribution in [0.5, 0.6) is 11.5 Å². The highest BCUT2D eigenvalue weighted by molar-refractivity contribution is 5.94. The molecule has 0 unspecified atom stereocenters. The number of hydrogen-bond donors (Lipinski definition) is 0. The van der Waals surface area contributed by atoms with E-state index >= 15 is 0 Å². The van der Waals surface area contributed by atoms with Crippen molar-refractivity contribution in [1.82, 2.24) is 0 Å². The smallest absolute Gasteiger partial charge is 0.330 e. The van der Waals surface area contributed by atoms with Crippen molar-refractivity contribution in [2.24, 2.45) is 0 Å². The van der Waals surface area contributed by atoms with E-state index in [1.165, 1.54) is 6.08 Å². The Morgan fingerprint density at radius 1 is 1.14 bits per heavy atom. The first-order valence-electron chi connectivity index (χ1n) is 7.17. The van der Waals surface area contributed by atoms with E-state index in [1.807, 2.05) is 30.3 Å². The maximum atomic E-state index is 11.4. The Labute approximate surface area is 130 Å². The molecular weight excluding hydrogens is 280 g/mol. The van der Waals surface area contributed by atoms with Crippen LogP contribution in [0.15, 0.2) is 42.5 Å². The summed E-state index contributed by atoms with van der Waals surface area (Å²) in [5.74, 6) is 1.25. The molecule has 4 nitrogen and oxygen atoms in total. The first-order chi connectivity index (χ1) is 10.7. The highest BCUT2D eigenvalue weighted by Gasteiger charge is 2.12. The summed E-state index contributed by atoms with van der Waals surface area (Å²) in [5, 5.41) is 1.99. The lowest BCUT2D eigenvalue weighted by atomic mass is 10.0. The molecule has 22 heavy (non-hydrogen) atoms. The van der Waals surface area contributed by atoms with Crippen LogP contribution in [0.1, 0.15) is 12.5 Å². The number of hydrogen-bond acceptors (Lipinski definition) is 4. The van der Waals surface area contributed by atoms with E-state index < -0.39 is 0 Å². The summed E-state index contributed by atoms with van der Waals surface area (Å²) in [6.45, 7) is 2.15. The normalized spacial score (nSPS) is 10.9. The van der Waals surface area contributed by atoms with E-state index in [9.17, 15) is 4.79 Å². The molecule has 0 atom stereocenters. The van der Waals surface area contributed by atoms with Gasteiger partial charge in [0.1, 0.15) is 11.5 Å². The molecule has 2 aromatic rings. The Morgan fingerprint density at radius 2 is 1.86 bits per heavy atom. The number of carbonyl (C=O) groups excluding carboxylic acids is 1.